The summed E-state index contributed by atoms with van der Waals surface area (Å²) in [6.45, 7) is 0. The number of rotatable bonds is 2. The number of benzene rings is 8. The summed E-state index contributed by atoms with van der Waals surface area (Å²) in [5, 5.41) is 12.9. The molecule has 41 heavy (non-hydrogen) atoms. The molecule has 9 rings (SSSR count). The Morgan fingerprint density at radius 2 is 0.951 bits per heavy atom. The first-order chi connectivity index (χ1) is 20.3. The van der Waals surface area contributed by atoms with Gasteiger partial charge in [0.25, 0.3) is 0 Å². The highest BCUT2D eigenvalue weighted by atomic mass is 14.3. The lowest BCUT2D eigenvalue weighted by molar-refractivity contribution is 1.49. The summed E-state index contributed by atoms with van der Waals surface area (Å²) in [5.74, 6) is 0. The van der Waals surface area contributed by atoms with Crippen LogP contribution in [0.1, 0.15) is 22.3 Å². The maximum absolute atomic E-state index is 2.43. The van der Waals surface area contributed by atoms with E-state index in [1.807, 2.05) is 0 Å². The normalized spacial score (nSPS) is 13.2. The summed E-state index contributed by atoms with van der Waals surface area (Å²) in [4.78, 5) is 0. The number of fused-ring (bicyclic) bond motifs is 5. The van der Waals surface area contributed by atoms with Gasteiger partial charge in [-0.1, -0.05) is 133 Å². The Hall–Kier alpha value is -5.20. The van der Waals surface area contributed by atoms with Gasteiger partial charge in [0, 0.05) is 6.42 Å². The molecule has 0 bridgehead atoms. The topological polar surface area (TPSA) is 0 Å². The van der Waals surface area contributed by atoms with E-state index in [9.17, 15) is 0 Å². The van der Waals surface area contributed by atoms with Gasteiger partial charge in [0.05, 0.1) is 0 Å². The van der Waals surface area contributed by atoms with E-state index in [-0.39, 0.29) is 0 Å². The van der Waals surface area contributed by atoms with Crippen molar-refractivity contribution in [3.63, 3.8) is 0 Å². The third kappa shape index (κ3) is 3.34. The summed E-state index contributed by atoms with van der Waals surface area (Å²) < 4.78 is 0. The van der Waals surface area contributed by atoms with E-state index in [0.29, 0.717) is 0 Å². The second-order valence-electron chi connectivity index (χ2n) is 11.1. The number of hydrogen-bond acceptors (Lipinski definition) is 0. The highest BCUT2D eigenvalue weighted by Gasteiger charge is 2.25. The molecule has 0 saturated heterocycles. The Morgan fingerprint density at radius 3 is 1.83 bits per heavy atom. The molecule has 0 nitrogen and oxygen atoms in total. The maximum Gasteiger partial charge on any atom is 0.0218 e. The summed E-state index contributed by atoms with van der Waals surface area (Å²) >= 11 is 0. The van der Waals surface area contributed by atoms with E-state index in [4.69, 9.17) is 0 Å². The predicted octanol–water partition coefficient (Wildman–Crippen LogP) is 11.0. The second-order valence-corrected chi connectivity index (χ2v) is 11.1. The van der Waals surface area contributed by atoms with Crippen molar-refractivity contribution in [1.82, 2.24) is 0 Å². The fourth-order valence-corrected chi connectivity index (χ4v) is 7.03. The fourth-order valence-electron chi connectivity index (χ4n) is 7.03. The zero-order chi connectivity index (χ0) is 26.9. The molecule has 0 spiro atoms. The quantitative estimate of drug-likeness (QED) is 0.158. The van der Waals surface area contributed by atoms with Crippen LogP contribution in [0.5, 0.6) is 0 Å². The smallest absolute Gasteiger partial charge is 0.0218 e. The molecular formula is C41H25. The summed E-state index contributed by atoms with van der Waals surface area (Å²) in [7, 11) is 0. The van der Waals surface area contributed by atoms with Gasteiger partial charge in [0.15, 0.2) is 0 Å². The highest BCUT2D eigenvalue weighted by Crippen LogP contribution is 2.47. The number of hydrogen-bond donors (Lipinski definition) is 0. The highest BCUT2D eigenvalue weighted by molar-refractivity contribution is 6.21. The Bertz CT molecular complexity index is 2380. The van der Waals surface area contributed by atoms with Crippen molar-refractivity contribution in [1.29, 1.82) is 0 Å². The lowest BCUT2D eigenvalue weighted by Crippen LogP contribution is -2.05. The van der Waals surface area contributed by atoms with E-state index >= 15 is 0 Å². The third-order valence-electron chi connectivity index (χ3n) is 8.87. The molecule has 0 saturated carbocycles. The molecule has 8 aromatic carbocycles. The molecule has 0 unspecified atom stereocenters. The van der Waals surface area contributed by atoms with Crippen LogP contribution >= 0.6 is 0 Å². The van der Waals surface area contributed by atoms with Gasteiger partial charge in [-0.25, -0.2) is 0 Å². The van der Waals surface area contributed by atoms with Crippen LogP contribution in [0.15, 0.2) is 146 Å². The molecule has 0 aromatic heterocycles. The Labute approximate surface area is 238 Å². The van der Waals surface area contributed by atoms with Crippen LogP contribution in [0.25, 0.3) is 65.0 Å². The van der Waals surface area contributed by atoms with Crippen LogP contribution in [0, 0.1) is 6.42 Å². The molecule has 0 heteroatoms. The van der Waals surface area contributed by atoms with Gasteiger partial charge < -0.3 is 0 Å². The van der Waals surface area contributed by atoms with Gasteiger partial charge in [-0.3, -0.25) is 0 Å². The zero-order valence-corrected chi connectivity index (χ0v) is 22.4. The van der Waals surface area contributed by atoms with Gasteiger partial charge in [-0.2, -0.15) is 0 Å². The molecule has 1 aliphatic rings. The molecule has 0 heterocycles. The number of allylic oxidation sites excluding steroid dienone is 1. The van der Waals surface area contributed by atoms with E-state index in [1.54, 1.807) is 0 Å². The molecule has 0 atom stereocenters. The Balaban J connectivity index is 1.44. The largest absolute Gasteiger partial charge is 0.0616 e. The van der Waals surface area contributed by atoms with Crippen LogP contribution in [0.3, 0.4) is 0 Å². The van der Waals surface area contributed by atoms with Crippen LogP contribution in [0.4, 0.5) is 0 Å². The van der Waals surface area contributed by atoms with E-state index in [0.717, 1.165) is 0 Å². The minimum atomic E-state index is 1.27. The maximum atomic E-state index is 2.43. The van der Waals surface area contributed by atoms with Gasteiger partial charge in [0.1, 0.15) is 0 Å². The van der Waals surface area contributed by atoms with Gasteiger partial charge in [0.2, 0.25) is 0 Å². The van der Waals surface area contributed by atoms with Gasteiger partial charge in [-0.15, -0.1) is 0 Å². The standard InChI is InChI=1S/C41H25/c1-2-11-29-24-38-30(23-28(29)10-1)14-7-19-36(38)41-37-20-6-13-27-12-5-15-31(40(27)37)25-39(41)34-18-8-17-33-32-16-4-3-9-26(32)21-22-35(33)34/h1-25H. The molecular weight excluding hydrogens is 492 g/mol. The van der Waals surface area contributed by atoms with E-state index in [1.165, 1.54) is 87.3 Å². The molecule has 189 valence electrons. The predicted molar refractivity (Wildman–Crippen MR) is 176 cm³/mol. The first kappa shape index (κ1) is 22.6. The minimum absolute atomic E-state index is 1.27. The van der Waals surface area contributed by atoms with Crippen LogP contribution in [-0.4, -0.2) is 0 Å². The summed E-state index contributed by atoms with van der Waals surface area (Å²) in [5.41, 5.74) is 7.70. The molecule has 8 aromatic rings. The van der Waals surface area contributed by atoms with Crippen molar-refractivity contribution >= 4 is 65.0 Å². The third-order valence-corrected chi connectivity index (χ3v) is 8.87. The fraction of sp³-hybridized carbons (Fsp3) is 0. The van der Waals surface area contributed by atoms with Gasteiger partial charge >= 0.3 is 0 Å². The van der Waals surface area contributed by atoms with Crippen LogP contribution in [-0.2, 0) is 0 Å². The van der Waals surface area contributed by atoms with Crippen molar-refractivity contribution in [2.24, 2.45) is 0 Å². The van der Waals surface area contributed by atoms with Crippen molar-refractivity contribution in [3.05, 3.63) is 174 Å². The molecule has 1 aliphatic carbocycles. The van der Waals surface area contributed by atoms with Crippen molar-refractivity contribution < 1.29 is 0 Å². The van der Waals surface area contributed by atoms with E-state index in [2.05, 4.69) is 152 Å². The zero-order valence-electron chi connectivity index (χ0n) is 22.4. The molecule has 1 radical (unpaired) electrons. The van der Waals surface area contributed by atoms with Crippen LogP contribution < -0.4 is 0 Å². The SMILES string of the molecule is [CH]1C(c2cccc3c2ccc2ccccc23)=C(c2cccc3cc4ccccc4cc23)c2cccc3cccc1c23. The first-order valence-electron chi connectivity index (χ1n) is 14.3. The van der Waals surface area contributed by atoms with Crippen LogP contribution in [0.2, 0.25) is 0 Å². The molecule has 0 fully saturated rings. The van der Waals surface area contributed by atoms with Crippen molar-refractivity contribution in [2.75, 3.05) is 0 Å². The first-order valence-corrected chi connectivity index (χ1v) is 14.3. The lowest BCUT2D eigenvalue weighted by Gasteiger charge is -2.26. The Kier molecular flexibility index (Phi) is 4.77. The molecule has 0 N–H and O–H groups in total. The second kappa shape index (κ2) is 8.65. The minimum Gasteiger partial charge on any atom is -0.0616 e. The molecule has 0 aliphatic heterocycles. The molecule has 0 amide bonds. The summed E-state index contributed by atoms with van der Waals surface area (Å²) in [6.07, 6.45) is 2.43. The monoisotopic (exact) mass is 517 g/mol. The lowest BCUT2D eigenvalue weighted by atomic mass is 9.76. The van der Waals surface area contributed by atoms with Crippen molar-refractivity contribution in [3.8, 4) is 0 Å². The van der Waals surface area contributed by atoms with Gasteiger partial charge in [-0.05, 0) is 99.4 Å². The average Bonchev–Trinajstić information content (AvgIpc) is 3.03. The van der Waals surface area contributed by atoms with Crippen molar-refractivity contribution in [2.45, 2.75) is 0 Å². The summed E-state index contributed by atoms with van der Waals surface area (Å²) in [6, 6.07) is 53.7. The Morgan fingerprint density at radius 1 is 0.317 bits per heavy atom. The average molecular weight is 518 g/mol. The van der Waals surface area contributed by atoms with E-state index < -0.39 is 0 Å².